The second-order valence-electron chi connectivity index (χ2n) is 4.63. The molecule has 110 valence electrons. The van der Waals surface area contributed by atoms with Gasteiger partial charge in [0, 0.05) is 17.4 Å². The van der Waals surface area contributed by atoms with Crippen molar-refractivity contribution in [2.45, 2.75) is 19.3 Å². The highest BCUT2D eigenvalue weighted by Crippen LogP contribution is 2.22. The standard InChI is InChI=1S/C17H18BrNO2/c18-13-5-4-8-17(20)19-14-9-11-16(12-10-14)21-15-6-2-1-3-7-15/h1-3,6-7,9-12H,4-5,8,13H2,(H,19,20). The molecule has 4 heteroatoms. The van der Waals surface area contributed by atoms with E-state index in [4.69, 9.17) is 4.74 Å². The summed E-state index contributed by atoms with van der Waals surface area (Å²) >= 11 is 3.36. The topological polar surface area (TPSA) is 38.3 Å². The number of hydrogen-bond acceptors (Lipinski definition) is 2. The lowest BCUT2D eigenvalue weighted by Gasteiger charge is -2.08. The van der Waals surface area contributed by atoms with Crippen molar-refractivity contribution in [3.05, 3.63) is 54.6 Å². The van der Waals surface area contributed by atoms with Gasteiger partial charge in [-0.1, -0.05) is 34.1 Å². The summed E-state index contributed by atoms with van der Waals surface area (Å²) in [6.45, 7) is 0. The summed E-state index contributed by atoms with van der Waals surface area (Å²) in [5, 5.41) is 3.82. The third-order valence-electron chi connectivity index (χ3n) is 2.90. The van der Waals surface area contributed by atoms with Gasteiger partial charge < -0.3 is 10.1 Å². The van der Waals surface area contributed by atoms with Crippen LogP contribution >= 0.6 is 15.9 Å². The van der Waals surface area contributed by atoms with Crippen LogP contribution in [0.3, 0.4) is 0 Å². The second-order valence-corrected chi connectivity index (χ2v) is 5.43. The molecule has 0 atom stereocenters. The Bertz CT molecular complexity index is 555. The minimum absolute atomic E-state index is 0.0488. The SMILES string of the molecule is O=C(CCCCBr)Nc1ccc(Oc2ccccc2)cc1. The van der Waals surface area contributed by atoms with Crippen molar-refractivity contribution >= 4 is 27.5 Å². The van der Waals surface area contributed by atoms with E-state index in [1.165, 1.54) is 0 Å². The molecule has 1 N–H and O–H groups in total. The number of para-hydroxylation sites is 1. The van der Waals surface area contributed by atoms with Gasteiger partial charge in [0.2, 0.25) is 5.91 Å². The number of ether oxygens (including phenoxy) is 1. The van der Waals surface area contributed by atoms with Crippen LogP contribution < -0.4 is 10.1 Å². The van der Waals surface area contributed by atoms with E-state index >= 15 is 0 Å². The van der Waals surface area contributed by atoms with Crippen LogP contribution in [0.1, 0.15) is 19.3 Å². The van der Waals surface area contributed by atoms with E-state index in [1.54, 1.807) is 0 Å². The third-order valence-corrected chi connectivity index (χ3v) is 3.47. The summed E-state index contributed by atoms with van der Waals surface area (Å²) in [4.78, 5) is 11.7. The van der Waals surface area contributed by atoms with Crippen LogP contribution in [-0.2, 0) is 4.79 Å². The van der Waals surface area contributed by atoms with Crippen molar-refractivity contribution in [1.82, 2.24) is 0 Å². The van der Waals surface area contributed by atoms with Crippen molar-refractivity contribution < 1.29 is 9.53 Å². The number of anilines is 1. The van der Waals surface area contributed by atoms with Gasteiger partial charge in [-0.05, 0) is 49.2 Å². The van der Waals surface area contributed by atoms with Crippen LogP contribution in [0.2, 0.25) is 0 Å². The fourth-order valence-electron chi connectivity index (χ4n) is 1.83. The molecule has 0 radical (unpaired) electrons. The first-order chi connectivity index (χ1) is 10.3. The molecule has 1 amide bonds. The summed E-state index contributed by atoms with van der Waals surface area (Å²) in [5.41, 5.74) is 0.791. The molecule has 0 aromatic heterocycles. The maximum absolute atomic E-state index is 11.7. The number of benzene rings is 2. The summed E-state index contributed by atoms with van der Waals surface area (Å²) in [6.07, 6.45) is 2.46. The minimum Gasteiger partial charge on any atom is -0.457 e. The number of nitrogens with one attached hydrogen (secondary N) is 1. The molecule has 0 heterocycles. The van der Waals surface area contributed by atoms with Crippen LogP contribution in [0.25, 0.3) is 0 Å². The Kier molecular flexibility index (Phi) is 6.28. The zero-order valence-electron chi connectivity index (χ0n) is 11.7. The Morgan fingerprint density at radius 2 is 1.62 bits per heavy atom. The van der Waals surface area contributed by atoms with E-state index in [2.05, 4.69) is 21.2 Å². The van der Waals surface area contributed by atoms with Crippen LogP contribution in [0.5, 0.6) is 11.5 Å². The highest BCUT2D eigenvalue weighted by molar-refractivity contribution is 9.09. The number of unbranched alkanes of at least 4 members (excludes halogenated alkanes) is 1. The molecule has 0 saturated carbocycles. The monoisotopic (exact) mass is 347 g/mol. The fourth-order valence-corrected chi connectivity index (χ4v) is 2.23. The lowest BCUT2D eigenvalue weighted by Crippen LogP contribution is -2.10. The average Bonchev–Trinajstić information content (AvgIpc) is 2.51. The first kappa shape index (κ1) is 15.6. The summed E-state index contributed by atoms with van der Waals surface area (Å²) in [7, 11) is 0. The molecular formula is C17H18BrNO2. The molecule has 2 aromatic rings. The summed E-state index contributed by atoms with van der Waals surface area (Å²) in [5.74, 6) is 1.59. The number of halogens is 1. The number of carbonyl (C=O) groups excluding carboxylic acids is 1. The lowest BCUT2D eigenvalue weighted by molar-refractivity contribution is -0.116. The first-order valence-corrected chi connectivity index (χ1v) is 8.09. The van der Waals surface area contributed by atoms with E-state index < -0.39 is 0 Å². The van der Waals surface area contributed by atoms with Gasteiger partial charge in [0.05, 0.1) is 0 Å². The normalized spacial score (nSPS) is 10.1. The Hall–Kier alpha value is -1.81. The van der Waals surface area contributed by atoms with E-state index in [0.717, 1.165) is 35.4 Å². The van der Waals surface area contributed by atoms with Gasteiger partial charge in [-0.15, -0.1) is 0 Å². The molecule has 0 aliphatic rings. The lowest BCUT2D eigenvalue weighted by atomic mass is 10.2. The number of carbonyl (C=O) groups is 1. The third kappa shape index (κ3) is 5.60. The van der Waals surface area contributed by atoms with Crippen LogP contribution in [0, 0.1) is 0 Å². The molecule has 2 rings (SSSR count). The second kappa shape index (κ2) is 8.47. The van der Waals surface area contributed by atoms with Gasteiger partial charge >= 0.3 is 0 Å². The molecule has 0 fully saturated rings. The molecule has 0 aliphatic heterocycles. The molecule has 21 heavy (non-hydrogen) atoms. The zero-order chi connectivity index (χ0) is 14.9. The van der Waals surface area contributed by atoms with Crippen LogP contribution in [0.4, 0.5) is 5.69 Å². The maximum atomic E-state index is 11.7. The quantitative estimate of drug-likeness (QED) is 0.566. The van der Waals surface area contributed by atoms with Crippen molar-refractivity contribution in [3.63, 3.8) is 0 Å². The van der Waals surface area contributed by atoms with E-state index in [-0.39, 0.29) is 5.91 Å². The maximum Gasteiger partial charge on any atom is 0.224 e. The molecule has 0 bridgehead atoms. The summed E-state index contributed by atoms with van der Waals surface area (Å²) in [6, 6.07) is 17.0. The van der Waals surface area contributed by atoms with Crippen LogP contribution in [-0.4, -0.2) is 11.2 Å². The van der Waals surface area contributed by atoms with Gasteiger partial charge in [0.15, 0.2) is 0 Å². The van der Waals surface area contributed by atoms with Gasteiger partial charge in [-0.2, -0.15) is 0 Å². The zero-order valence-corrected chi connectivity index (χ0v) is 13.3. The van der Waals surface area contributed by atoms with Gasteiger partial charge in [-0.25, -0.2) is 0 Å². The molecular weight excluding hydrogens is 330 g/mol. The Balaban J connectivity index is 1.85. The van der Waals surface area contributed by atoms with E-state index in [9.17, 15) is 4.79 Å². The molecule has 3 nitrogen and oxygen atoms in total. The number of rotatable bonds is 7. The number of alkyl halides is 1. The van der Waals surface area contributed by atoms with Gasteiger partial charge in [0.1, 0.15) is 11.5 Å². The van der Waals surface area contributed by atoms with E-state index in [0.29, 0.717) is 6.42 Å². The van der Waals surface area contributed by atoms with Gasteiger partial charge in [-0.3, -0.25) is 4.79 Å². The highest BCUT2D eigenvalue weighted by atomic mass is 79.9. The largest absolute Gasteiger partial charge is 0.457 e. The minimum atomic E-state index is 0.0488. The molecule has 0 saturated heterocycles. The number of amides is 1. The predicted octanol–water partition coefficient (Wildman–Crippen LogP) is 4.98. The van der Waals surface area contributed by atoms with Crippen molar-refractivity contribution in [2.75, 3.05) is 10.6 Å². The first-order valence-electron chi connectivity index (χ1n) is 6.97. The molecule has 2 aromatic carbocycles. The van der Waals surface area contributed by atoms with Crippen molar-refractivity contribution in [3.8, 4) is 11.5 Å². The smallest absolute Gasteiger partial charge is 0.224 e. The number of hydrogen-bond donors (Lipinski definition) is 1. The Labute approximate surface area is 133 Å². The van der Waals surface area contributed by atoms with Crippen molar-refractivity contribution in [2.24, 2.45) is 0 Å². The summed E-state index contributed by atoms with van der Waals surface area (Å²) < 4.78 is 5.70. The Morgan fingerprint density at radius 3 is 2.29 bits per heavy atom. The Morgan fingerprint density at radius 1 is 0.952 bits per heavy atom. The highest BCUT2D eigenvalue weighted by Gasteiger charge is 2.02. The fraction of sp³-hybridized carbons (Fsp3) is 0.235. The molecule has 0 aliphatic carbocycles. The molecule has 0 unspecified atom stereocenters. The predicted molar refractivity (Wildman–Crippen MR) is 89.2 cm³/mol. The van der Waals surface area contributed by atoms with E-state index in [1.807, 2.05) is 54.6 Å². The van der Waals surface area contributed by atoms with Crippen molar-refractivity contribution in [1.29, 1.82) is 0 Å². The average molecular weight is 348 g/mol. The van der Waals surface area contributed by atoms with Gasteiger partial charge in [0.25, 0.3) is 0 Å². The van der Waals surface area contributed by atoms with Crippen LogP contribution in [0.15, 0.2) is 54.6 Å². The molecule has 0 spiro atoms.